The van der Waals surface area contributed by atoms with Crippen molar-refractivity contribution in [2.45, 2.75) is 31.9 Å². The zero-order chi connectivity index (χ0) is 22.0. The molecule has 3 amide bonds. The number of likely N-dealkylation sites (tertiary alicyclic amines) is 1. The Morgan fingerprint density at radius 1 is 0.935 bits per heavy atom. The molecule has 10 heteroatoms. The van der Waals surface area contributed by atoms with Crippen LogP contribution in [0.3, 0.4) is 0 Å². The molecular weight excluding hydrogens is 410 g/mol. The lowest BCUT2D eigenvalue weighted by molar-refractivity contribution is -0.138. The van der Waals surface area contributed by atoms with Crippen LogP contribution in [0.4, 0.5) is 14.5 Å². The summed E-state index contributed by atoms with van der Waals surface area (Å²) >= 11 is 0. The van der Waals surface area contributed by atoms with E-state index in [-0.39, 0.29) is 29.5 Å². The van der Waals surface area contributed by atoms with Crippen LogP contribution < -0.4 is 9.64 Å². The van der Waals surface area contributed by atoms with Crippen molar-refractivity contribution in [2.24, 2.45) is 0 Å². The molecule has 168 valence electrons. The third-order valence-electron chi connectivity index (χ3n) is 6.19. The number of benzene rings is 1. The van der Waals surface area contributed by atoms with Crippen LogP contribution >= 0.6 is 0 Å². The van der Waals surface area contributed by atoms with Gasteiger partial charge < -0.3 is 9.64 Å². The maximum Gasteiger partial charge on any atom is 0.387 e. The summed E-state index contributed by atoms with van der Waals surface area (Å²) < 4.78 is 30.0. The summed E-state index contributed by atoms with van der Waals surface area (Å²) in [7, 11) is 0. The molecule has 3 aliphatic heterocycles. The van der Waals surface area contributed by atoms with Gasteiger partial charge in [0.1, 0.15) is 5.75 Å². The molecule has 0 aliphatic carbocycles. The Bertz CT molecular complexity index is 828. The van der Waals surface area contributed by atoms with Gasteiger partial charge in [-0.1, -0.05) is 12.1 Å². The Morgan fingerprint density at radius 2 is 1.61 bits per heavy atom. The molecule has 0 bridgehead atoms. The maximum atomic E-state index is 13.0. The van der Waals surface area contributed by atoms with Gasteiger partial charge in [-0.05, 0) is 18.6 Å². The Kier molecular flexibility index (Phi) is 6.47. The Morgan fingerprint density at radius 3 is 2.29 bits per heavy atom. The van der Waals surface area contributed by atoms with Gasteiger partial charge in [-0.25, -0.2) is 0 Å². The number of hydrogen-bond acceptors (Lipinski definition) is 6. The van der Waals surface area contributed by atoms with Crippen LogP contribution in [0.2, 0.25) is 0 Å². The summed E-state index contributed by atoms with van der Waals surface area (Å²) in [6, 6.07) is 6.07. The number of anilines is 1. The summed E-state index contributed by atoms with van der Waals surface area (Å²) in [6.07, 6.45) is 1.23. The monoisotopic (exact) mass is 436 g/mol. The number of para-hydroxylation sites is 2. The molecule has 0 aromatic heterocycles. The average Bonchev–Trinajstić information content (AvgIpc) is 3.29. The normalized spacial score (nSPS) is 23.5. The highest BCUT2D eigenvalue weighted by molar-refractivity contribution is 6.02. The van der Waals surface area contributed by atoms with Gasteiger partial charge >= 0.3 is 6.61 Å². The second-order valence-electron chi connectivity index (χ2n) is 7.96. The molecule has 0 spiro atoms. The number of alkyl halides is 2. The van der Waals surface area contributed by atoms with E-state index in [9.17, 15) is 23.2 Å². The summed E-state index contributed by atoms with van der Waals surface area (Å²) in [5.41, 5.74) is 0.369. The number of ether oxygens (including phenoxy) is 1. The van der Waals surface area contributed by atoms with E-state index in [2.05, 4.69) is 14.5 Å². The van der Waals surface area contributed by atoms with Crippen LogP contribution in [0.15, 0.2) is 24.3 Å². The molecule has 31 heavy (non-hydrogen) atoms. The van der Waals surface area contributed by atoms with Gasteiger partial charge in [-0.2, -0.15) is 8.78 Å². The summed E-state index contributed by atoms with van der Waals surface area (Å²) in [6.45, 7) is 1.42. The standard InChI is InChI=1S/C21H26F2N4O4/c22-21(23)31-17-4-2-1-3-15(17)26-8-7-16(20(26)30)25-12-9-24(10-13-25)11-14-27-18(28)5-6-19(27)29/h1-4,16,21H,5-14H2/t16-/m1/s1. The SMILES string of the molecule is O=C1CCC(=O)N1CCN1CCN([C@@H]2CCN(c3ccccc3OC(F)F)C2=O)CC1. The van der Waals surface area contributed by atoms with Crippen LogP contribution in [-0.4, -0.2) is 90.9 Å². The van der Waals surface area contributed by atoms with Crippen molar-refractivity contribution in [1.29, 1.82) is 0 Å². The number of carbonyl (C=O) groups is 3. The van der Waals surface area contributed by atoms with Gasteiger partial charge in [0, 0.05) is 58.7 Å². The molecule has 0 radical (unpaired) electrons. The highest BCUT2D eigenvalue weighted by Gasteiger charge is 2.39. The van der Waals surface area contributed by atoms with Gasteiger partial charge in [0.15, 0.2) is 0 Å². The van der Waals surface area contributed by atoms with Gasteiger partial charge in [0.05, 0.1) is 11.7 Å². The number of amides is 3. The minimum Gasteiger partial charge on any atom is -0.433 e. The van der Waals surface area contributed by atoms with E-state index in [1.165, 1.54) is 15.9 Å². The highest BCUT2D eigenvalue weighted by atomic mass is 19.3. The van der Waals surface area contributed by atoms with E-state index in [4.69, 9.17) is 0 Å². The molecule has 0 unspecified atom stereocenters. The molecule has 8 nitrogen and oxygen atoms in total. The molecule has 1 aromatic carbocycles. The fraction of sp³-hybridized carbons (Fsp3) is 0.571. The van der Waals surface area contributed by atoms with Crippen molar-refractivity contribution in [1.82, 2.24) is 14.7 Å². The summed E-state index contributed by atoms with van der Waals surface area (Å²) in [5.74, 6) is -0.304. The van der Waals surface area contributed by atoms with Gasteiger partial charge in [0.2, 0.25) is 17.7 Å². The number of piperazine rings is 1. The molecule has 3 heterocycles. The molecule has 1 aromatic rings. The van der Waals surface area contributed by atoms with Crippen molar-refractivity contribution in [2.75, 3.05) is 50.7 Å². The summed E-state index contributed by atoms with van der Waals surface area (Å²) in [4.78, 5) is 43.7. The number of carbonyl (C=O) groups excluding carboxylic acids is 3. The molecular formula is C21H26F2N4O4. The van der Waals surface area contributed by atoms with Crippen LogP contribution in [0.1, 0.15) is 19.3 Å². The Labute approximate surface area is 179 Å². The third kappa shape index (κ3) is 4.69. The van der Waals surface area contributed by atoms with Crippen LogP contribution in [-0.2, 0) is 14.4 Å². The minimum atomic E-state index is -2.95. The molecule has 0 N–H and O–H groups in total. The molecule has 4 rings (SSSR count). The quantitative estimate of drug-likeness (QED) is 0.598. The zero-order valence-electron chi connectivity index (χ0n) is 17.2. The first-order chi connectivity index (χ1) is 14.9. The smallest absolute Gasteiger partial charge is 0.387 e. The number of hydrogen-bond donors (Lipinski definition) is 0. The molecule has 0 saturated carbocycles. The van der Waals surface area contributed by atoms with Crippen LogP contribution in [0, 0.1) is 0 Å². The van der Waals surface area contributed by atoms with Gasteiger partial charge in [-0.3, -0.25) is 29.1 Å². The second kappa shape index (κ2) is 9.27. The number of nitrogens with zero attached hydrogens (tertiary/aromatic N) is 4. The Balaban J connectivity index is 1.31. The highest BCUT2D eigenvalue weighted by Crippen LogP contribution is 2.33. The number of imide groups is 1. The molecule has 1 atom stereocenters. The minimum absolute atomic E-state index is 0.00215. The van der Waals surface area contributed by atoms with Crippen LogP contribution in [0.5, 0.6) is 5.75 Å². The second-order valence-corrected chi connectivity index (χ2v) is 7.96. The molecule has 3 saturated heterocycles. The van der Waals surface area contributed by atoms with Gasteiger partial charge in [0.25, 0.3) is 0 Å². The topological polar surface area (TPSA) is 73.4 Å². The lowest BCUT2D eigenvalue weighted by atomic mass is 10.1. The van der Waals surface area contributed by atoms with E-state index >= 15 is 0 Å². The first-order valence-electron chi connectivity index (χ1n) is 10.6. The number of halogens is 2. The summed E-state index contributed by atoms with van der Waals surface area (Å²) in [5, 5.41) is 0. The van der Waals surface area contributed by atoms with Crippen molar-refractivity contribution < 1.29 is 27.9 Å². The third-order valence-corrected chi connectivity index (χ3v) is 6.19. The maximum absolute atomic E-state index is 13.0. The largest absolute Gasteiger partial charge is 0.433 e. The van der Waals surface area contributed by atoms with Crippen molar-refractivity contribution in [3.63, 3.8) is 0 Å². The van der Waals surface area contributed by atoms with E-state index < -0.39 is 6.61 Å². The number of rotatable bonds is 7. The van der Waals surface area contributed by atoms with Gasteiger partial charge in [-0.15, -0.1) is 0 Å². The lowest BCUT2D eigenvalue weighted by Gasteiger charge is -2.37. The van der Waals surface area contributed by atoms with Crippen molar-refractivity contribution in [3.05, 3.63) is 24.3 Å². The van der Waals surface area contributed by atoms with E-state index in [0.717, 1.165) is 13.1 Å². The van der Waals surface area contributed by atoms with E-state index in [1.807, 2.05) is 0 Å². The van der Waals surface area contributed by atoms with Crippen LogP contribution in [0.25, 0.3) is 0 Å². The fourth-order valence-electron chi connectivity index (χ4n) is 4.53. The van der Waals surface area contributed by atoms with Crippen molar-refractivity contribution in [3.8, 4) is 5.75 Å². The average molecular weight is 436 g/mol. The zero-order valence-corrected chi connectivity index (χ0v) is 17.2. The fourth-order valence-corrected chi connectivity index (χ4v) is 4.53. The van der Waals surface area contributed by atoms with E-state index in [1.54, 1.807) is 18.2 Å². The van der Waals surface area contributed by atoms with Crippen molar-refractivity contribution >= 4 is 23.4 Å². The lowest BCUT2D eigenvalue weighted by Crippen LogP contribution is -2.53. The predicted molar refractivity (Wildman–Crippen MR) is 108 cm³/mol. The Hall–Kier alpha value is -2.59. The van der Waals surface area contributed by atoms with E-state index in [0.29, 0.717) is 57.7 Å². The molecule has 3 aliphatic rings. The first-order valence-corrected chi connectivity index (χ1v) is 10.6. The molecule has 3 fully saturated rings. The first kappa shape index (κ1) is 21.6. The predicted octanol–water partition coefficient (Wildman–Crippen LogP) is 1.16.